The molecule has 3 fully saturated rings. The van der Waals surface area contributed by atoms with Crippen molar-refractivity contribution in [2.75, 3.05) is 44.3 Å². The Bertz CT molecular complexity index is 1420. The first-order chi connectivity index (χ1) is 19.0. The number of carbonyl (C=O) groups excluding carboxylic acids is 1. The number of nitrogens with zero attached hydrogens (tertiary/aromatic N) is 3. The number of hydrogen-bond acceptors (Lipinski definition) is 6. The second-order valence-electron chi connectivity index (χ2n) is 10.8. The Balaban J connectivity index is 1.05. The molecule has 2 N–H and O–H groups in total. The van der Waals surface area contributed by atoms with Crippen molar-refractivity contribution in [2.24, 2.45) is 0 Å². The van der Waals surface area contributed by atoms with Crippen molar-refractivity contribution in [1.29, 1.82) is 0 Å². The van der Waals surface area contributed by atoms with E-state index in [4.69, 9.17) is 4.74 Å². The van der Waals surface area contributed by atoms with Crippen molar-refractivity contribution >= 4 is 22.4 Å². The lowest BCUT2D eigenvalue weighted by molar-refractivity contribution is 0.0693. The molecule has 2 saturated heterocycles. The smallest absolute Gasteiger partial charge is 0.270 e. The molecule has 0 unspecified atom stereocenters. The number of benzene rings is 1. The zero-order valence-corrected chi connectivity index (χ0v) is 21.8. The molecule has 206 valence electrons. The molecule has 2 aromatic heterocycles. The highest BCUT2D eigenvalue weighted by Crippen LogP contribution is 2.37. The number of ether oxygens (including phenoxy) is 1. The fourth-order valence-corrected chi connectivity index (χ4v) is 6.31. The number of piperazine rings is 1. The van der Waals surface area contributed by atoms with Crippen molar-refractivity contribution in [1.82, 2.24) is 20.2 Å². The first-order valence-corrected chi connectivity index (χ1v) is 13.8. The van der Waals surface area contributed by atoms with Gasteiger partial charge in [0.1, 0.15) is 11.5 Å². The Morgan fingerprint density at radius 1 is 1.03 bits per heavy atom. The first-order valence-electron chi connectivity index (χ1n) is 13.8. The van der Waals surface area contributed by atoms with Crippen molar-refractivity contribution in [3.63, 3.8) is 0 Å². The number of H-pyrrole nitrogens is 1. The van der Waals surface area contributed by atoms with Crippen LogP contribution in [0.15, 0.2) is 41.2 Å². The van der Waals surface area contributed by atoms with Crippen LogP contribution in [0.1, 0.15) is 54.2 Å². The van der Waals surface area contributed by atoms with Gasteiger partial charge in [0.15, 0.2) is 0 Å². The van der Waals surface area contributed by atoms with E-state index in [1.165, 1.54) is 6.07 Å². The molecule has 2 aliphatic heterocycles. The third kappa shape index (κ3) is 5.40. The van der Waals surface area contributed by atoms with Crippen LogP contribution < -0.4 is 15.8 Å². The molecule has 8 nitrogen and oxygen atoms in total. The Labute approximate surface area is 225 Å². The molecule has 10 heteroatoms. The predicted molar refractivity (Wildman–Crippen MR) is 144 cm³/mol. The third-order valence-corrected chi connectivity index (χ3v) is 8.48. The molecule has 1 aliphatic carbocycles. The summed E-state index contributed by atoms with van der Waals surface area (Å²) in [5.74, 6) is -1.26. The number of carbonyl (C=O) groups is 1. The molecule has 6 rings (SSSR count). The van der Waals surface area contributed by atoms with Gasteiger partial charge in [0.2, 0.25) is 5.95 Å². The number of fused-ring (bicyclic) bond motifs is 1. The van der Waals surface area contributed by atoms with Crippen molar-refractivity contribution in [3.05, 3.63) is 69.9 Å². The minimum absolute atomic E-state index is 0.0310. The van der Waals surface area contributed by atoms with Gasteiger partial charge in [0.25, 0.3) is 11.5 Å². The lowest BCUT2D eigenvalue weighted by Gasteiger charge is -2.39. The summed E-state index contributed by atoms with van der Waals surface area (Å²) in [6.45, 7) is 4.15. The summed E-state index contributed by atoms with van der Waals surface area (Å²) in [6, 6.07) is 10.3. The maximum atomic E-state index is 15.0. The number of hydrogen-bond donors (Lipinski definition) is 2. The molecule has 2 atom stereocenters. The number of amides is 1. The number of pyridine rings is 2. The van der Waals surface area contributed by atoms with E-state index < -0.39 is 11.8 Å². The van der Waals surface area contributed by atoms with Crippen LogP contribution in [0.2, 0.25) is 0 Å². The van der Waals surface area contributed by atoms with Crippen LogP contribution in [0, 0.1) is 11.8 Å². The quantitative estimate of drug-likeness (QED) is 0.484. The SMILES string of the molecule is O=C(NC1CCOCC1)c1ccc(N2CCN([C@@H]3CC[C@@H](c4cc5cccc(F)c5c(=O)[nH]4)C3)CC2)c(F)n1. The van der Waals surface area contributed by atoms with E-state index in [2.05, 4.69) is 20.2 Å². The van der Waals surface area contributed by atoms with Crippen molar-refractivity contribution in [3.8, 4) is 0 Å². The van der Waals surface area contributed by atoms with Crippen LogP contribution in [0.5, 0.6) is 0 Å². The van der Waals surface area contributed by atoms with Crippen LogP contribution in [0.4, 0.5) is 14.5 Å². The number of anilines is 1. The predicted octanol–water partition coefficient (Wildman–Crippen LogP) is 3.57. The van der Waals surface area contributed by atoms with Crippen LogP contribution in [0.25, 0.3) is 10.8 Å². The van der Waals surface area contributed by atoms with Gasteiger partial charge < -0.3 is 19.9 Å². The average molecular weight is 538 g/mol. The first kappa shape index (κ1) is 25.9. The fourth-order valence-electron chi connectivity index (χ4n) is 6.31. The van der Waals surface area contributed by atoms with Gasteiger partial charge in [-0.15, -0.1) is 0 Å². The van der Waals surface area contributed by atoms with Crippen molar-refractivity contribution < 1.29 is 18.3 Å². The molecule has 1 saturated carbocycles. The van der Waals surface area contributed by atoms with E-state index in [9.17, 15) is 18.4 Å². The number of aromatic amines is 1. The lowest BCUT2D eigenvalue weighted by atomic mass is 10.00. The standard InChI is InChI=1S/C29H33F2N5O3/c30-22-3-1-2-19-17-24(34-29(38)26(19)22)18-4-5-21(16-18)35-10-12-36(13-11-35)25-7-6-23(33-27(25)31)28(37)32-20-8-14-39-15-9-20/h1-3,6-7,17-18,20-21H,4-5,8-16H2,(H,32,37)(H,34,38)/t18-,21-/m1/s1. The topological polar surface area (TPSA) is 90.6 Å². The summed E-state index contributed by atoms with van der Waals surface area (Å²) in [5, 5.41) is 3.67. The van der Waals surface area contributed by atoms with Crippen LogP contribution >= 0.6 is 0 Å². The molecule has 39 heavy (non-hydrogen) atoms. The van der Waals surface area contributed by atoms with Gasteiger partial charge in [-0.3, -0.25) is 14.5 Å². The number of aromatic nitrogens is 2. The highest BCUT2D eigenvalue weighted by Gasteiger charge is 2.33. The highest BCUT2D eigenvalue weighted by molar-refractivity contribution is 5.92. The summed E-state index contributed by atoms with van der Waals surface area (Å²) < 4.78 is 34.4. The Hall–Kier alpha value is -3.37. The summed E-state index contributed by atoms with van der Waals surface area (Å²) in [4.78, 5) is 36.4. The van der Waals surface area contributed by atoms with E-state index in [-0.39, 0.29) is 34.5 Å². The monoisotopic (exact) mass is 537 g/mol. The van der Waals surface area contributed by atoms with E-state index >= 15 is 0 Å². The van der Waals surface area contributed by atoms with Gasteiger partial charge in [-0.2, -0.15) is 4.39 Å². The van der Waals surface area contributed by atoms with Gasteiger partial charge >= 0.3 is 0 Å². The highest BCUT2D eigenvalue weighted by atomic mass is 19.1. The molecule has 0 bridgehead atoms. The molecular formula is C29H33F2N5O3. The van der Waals surface area contributed by atoms with E-state index in [0.717, 1.165) is 50.9 Å². The van der Waals surface area contributed by atoms with Gasteiger partial charge in [0, 0.05) is 63.1 Å². The third-order valence-electron chi connectivity index (χ3n) is 8.48. The Kier molecular flexibility index (Phi) is 7.31. The van der Waals surface area contributed by atoms with E-state index in [0.29, 0.717) is 43.4 Å². The maximum Gasteiger partial charge on any atom is 0.270 e. The van der Waals surface area contributed by atoms with E-state index in [1.54, 1.807) is 24.3 Å². The van der Waals surface area contributed by atoms with Crippen molar-refractivity contribution in [2.45, 2.75) is 50.1 Å². The second kappa shape index (κ2) is 11.0. The normalized spacial score (nSPS) is 22.9. The van der Waals surface area contributed by atoms with Gasteiger partial charge in [-0.25, -0.2) is 9.37 Å². The second-order valence-corrected chi connectivity index (χ2v) is 10.8. The molecule has 4 heterocycles. The minimum atomic E-state index is -0.624. The number of halogens is 2. The summed E-state index contributed by atoms with van der Waals surface area (Å²) in [5.41, 5.74) is 1.00. The molecule has 0 spiro atoms. The van der Waals surface area contributed by atoms with Crippen LogP contribution in [0.3, 0.4) is 0 Å². The fraction of sp³-hybridized carbons (Fsp3) is 0.483. The van der Waals surface area contributed by atoms with Crippen LogP contribution in [-0.4, -0.2) is 72.3 Å². The Morgan fingerprint density at radius 2 is 1.82 bits per heavy atom. The Morgan fingerprint density at radius 3 is 2.59 bits per heavy atom. The summed E-state index contributed by atoms with van der Waals surface area (Å²) in [7, 11) is 0. The van der Waals surface area contributed by atoms with Gasteiger partial charge in [0.05, 0.1) is 11.1 Å². The zero-order chi connectivity index (χ0) is 26.9. The number of rotatable bonds is 5. The average Bonchev–Trinajstić information content (AvgIpc) is 3.44. The summed E-state index contributed by atoms with van der Waals surface area (Å²) >= 11 is 0. The zero-order valence-electron chi connectivity index (χ0n) is 21.8. The maximum absolute atomic E-state index is 15.0. The minimum Gasteiger partial charge on any atom is -0.381 e. The molecule has 1 aromatic carbocycles. The molecular weight excluding hydrogens is 504 g/mol. The molecule has 0 radical (unpaired) electrons. The van der Waals surface area contributed by atoms with E-state index in [1.807, 2.05) is 11.0 Å². The largest absolute Gasteiger partial charge is 0.381 e. The van der Waals surface area contributed by atoms with Crippen LogP contribution in [-0.2, 0) is 4.74 Å². The molecule has 1 amide bonds. The lowest BCUT2D eigenvalue weighted by Crippen LogP contribution is -2.50. The van der Waals surface area contributed by atoms with Gasteiger partial charge in [-0.05, 0) is 61.8 Å². The molecule has 3 aromatic rings. The number of nitrogens with one attached hydrogen (secondary N) is 2. The van der Waals surface area contributed by atoms with Gasteiger partial charge in [-0.1, -0.05) is 12.1 Å². The molecule has 3 aliphatic rings. The summed E-state index contributed by atoms with van der Waals surface area (Å²) in [6.07, 6.45) is 4.39.